The van der Waals surface area contributed by atoms with Crippen molar-refractivity contribution < 1.29 is 0 Å². The summed E-state index contributed by atoms with van der Waals surface area (Å²) in [6.07, 6.45) is 0. The van der Waals surface area contributed by atoms with Crippen LogP contribution < -0.4 is 0 Å². The predicted molar refractivity (Wildman–Crippen MR) is 280 cm³/mol. The van der Waals surface area contributed by atoms with Gasteiger partial charge in [-0.3, -0.25) is 0 Å². The Hall–Kier alpha value is -8.26. The van der Waals surface area contributed by atoms with Gasteiger partial charge in [0.15, 0.2) is 0 Å². The van der Waals surface area contributed by atoms with E-state index in [1.165, 1.54) is 132 Å². The molecule has 2 aliphatic rings. The first-order valence-electron chi connectivity index (χ1n) is 23.2. The van der Waals surface area contributed by atoms with Crippen molar-refractivity contribution in [2.24, 2.45) is 0 Å². The van der Waals surface area contributed by atoms with Crippen molar-refractivity contribution in [2.75, 3.05) is 0 Å². The first kappa shape index (κ1) is 37.1. The van der Waals surface area contributed by atoms with Crippen molar-refractivity contribution in [3.8, 4) is 83.6 Å². The normalized spacial score (nSPS) is 13.1. The van der Waals surface area contributed by atoms with E-state index in [0.29, 0.717) is 0 Å². The Labute approximate surface area is 384 Å². The third-order valence-electron chi connectivity index (χ3n) is 15.0. The molecule has 1 nitrogen and oxygen atoms in total. The molecule has 0 saturated heterocycles. The van der Waals surface area contributed by atoms with Crippen molar-refractivity contribution in [3.05, 3.63) is 236 Å². The highest BCUT2D eigenvalue weighted by Gasteiger charge is 2.36. The van der Waals surface area contributed by atoms with Gasteiger partial charge in [0.05, 0.1) is 11.0 Å². The standard InChI is InChI=1S/C65H43N/c1-65(2)59-29-15-13-23-50(59)57-38-58-51-24-14-16-30-61(51)66(62(58)39-60(57)65)42-34-31-40(32-35-42)63-52-25-9-11-27-54(52)64(55-28-12-10-26-53(55)63)41-33-36-49-47-21-6-5-19-45(47)43-17-3-4-18-44(43)46-20-7-8-22-48(46)56(49)37-41/h3-39H,1-2H3. The van der Waals surface area contributed by atoms with Gasteiger partial charge >= 0.3 is 0 Å². The number of para-hydroxylation sites is 1. The van der Waals surface area contributed by atoms with E-state index in [4.69, 9.17) is 0 Å². The molecule has 308 valence electrons. The fourth-order valence-electron chi connectivity index (χ4n) is 12.0. The van der Waals surface area contributed by atoms with E-state index in [9.17, 15) is 0 Å². The van der Waals surface area contributed by atoms with Crippen LogP contribution in [0.25, 0.3) is 127 Å². The summed E-state index contributed by atoms with van der Waals surface area (Å²) in [5, 5.41) is 7.57. The molecular weight excluding hydrogens is 795 g/mol. The largest absolute Gasteiger partial charge is 0.309 e. The van der Waals surface area contributed by atoms with Crippen LogP contribution in [-0.4, -0.2) is 4.57 Å². The maximum atomic E-state index is 2.47. The first-order chi connectivity index (χ1) is 32.5. The van der Waals surface area contributed by atoms with Crippen LogP contribution in [0.4, 0.5) is 0 Å². The predicted octanol–water partition coefficient (Wildman–Crippen LogP) is 17.7. The molecule has 0 radical (unpaired) electrons. The van der Waals surface area contributed by atoms with Crippen LogP contribution in [0.2, 0.25) is 0 Å². The zero-order valence-corrected chi connectivity index (χ0v) is 36.8. The molecule has 14 rings (SSSR count). The number of aromatic nitrogens is 1. The summed E-state index contributed by atoms with van der Waals surface area (Å²) in [4.78, 5) is 0. The van der Waals surface area contributed by atoms with E-state index < -0.39 is 0 Å². The zero-order chi connectivity index (χ0) is 43.7. The fraction of sp³-hybridized carbons (Fsp3) is 0.0462. The second-order valence-corrected chi connectivity index (χ2v) is 18.7. The van der Waals surface area contributed by atoms with Gasteiger partial charge in [-0.05, 0) is 147 Å². The van der Waals surface area contributed by atoms with Crippen LogP contribution in [0.3, 0.4) is 0 Å². The quantitative estimate of drug-likeness (QED) is 0.156. The van der Waals surface area contributed by atoms with Gasteiger partial charge in [-0.25, -0.2) is 0 Å². The van der Waals surface area contributed by atoms with Crippen LogP contribution >= 0.6 is 0 Å². The Kier molecular flexibility index (Phi) is 7.81. The molecule has 0 unspecified atom stereocenters. The van der Waals surface area contributed by atoms with E-state index >= 15 is 0 Å². The minimum Gasteiger partial charge on any atom is -0.309 e. The lowest BCUT2D eigenvalue weighted by Crippen LogP contribution is -2.14. The topological polar surface area (TPSA) is 4.93 Å². The summed E-state index contributed by atoms with van der Waals surface area (Å²) in [5.74, 6) is 0. The summed E-state index contributed by atoms with van der Waals surface area (Å²) >= 11 is 0. The van der Waals surface area contributed by atoms with Gasteiger partial charge < -0.3 is 4.57 Å². The molecule has 0 spiro atoms. The molecule has 0 saturated carbocycles. The molecule has 0 N–H and O–H groups in total. The molecule has 0 aliphatic heterocycles. The van der Waals surface area contributed by atoms with Gasteiger partial charge in [-0.2, -0.15) is 0 Å². The Bertz CT molecular complexity index is 3950. The summed E-state index contributed by atoms with van der Waals surface area (Å²) in [6.45, 7) is 4.74. The SMILES string of the molecule is CC1(C)c2ccccc2-c2cc3c4ccccc4n(-c4ccc(-c5c6ccccc6c(-c6ccc7c(c6)-c6ccccc6-c6ccccc6-c6ccccc6-7)c6ccccc56)cc4)c3cc21. The number of fused-ring (bicyclic) bond motifs is 16. The maximum absolute atomic E-state index is 2.47. The molecular formula is C65H43N. The third kappa shape index (κ3) is 5.17. The number of rotatable bonds is 3. The monoisotopic (exact) mass is 837 g/mol. The minimum absolute atomic E-state index is 0.0839. The van der Waals surface area contributed by atoms with E-state index in [1.54, 1.807) is 0 Å². The van der Waals surface area contributed by atoms with Crippen LogP contribution in [0.1, 0.15) is 25.0 Å². The van der Waals surface area contributed by atoms with Gasteiger partial charge in [0.2, 0.25) is 0 Å². The Morgan fingerprint density at radius 3 is 1.26 bits per heavy atom. The Morgan fingerprint density at radius 1 is 0.273 bits per heavy atom. The molecule has 0 fully saturated rings. The Balaban J connectivity index is 0.951. The van der Waals surface area contributed by atoms with Gasteiger partial charge in [-0.1, -0.05) is 202 Å². The third-order valence-corrected chi connectivity index (χ3v) is 15.0. The van der Waals surface area contributed by atoms with E-state index in [-0.39, 0.29) is 5.41 Å². The molecule has 2 aliphatic carbocycles. The summed E-state index contributed by atoms with van der Waals surface area (Å²) in [7, 11) is 0. The van der Waals surface area contributed by atoms with Crippen LogP contribution in [0.5, 0.6) is 0 Å². The highest BCUT2D eigenvalue weighted by molar-refractivity contribution is 6.22. The van der Waals surface area contributed by atoms with Crippen LogP contribution in [-0.2, 0) is 5.41 Å². The lowest BCUT2D eigenvalue weighted by molar-refractivity contribution is 0.661. The summed E-state index contributed by atoms with van der Waals surface area (Å²) in [6, 6.07) is 84.1. The van der Waals surface area contributed by atoms with Crippen molar-refractivity contribution >= 4 is 43.4 Å². The van der Waals surface area contributed by atoms with Crippen LogP contribution in [0.15, 0.2) is 224 Å². The van der Waals surface area contributed by atoms with Gasteiger partial charge in [0.25, 0.3) is 0 Å². The summed E-state index contributed by atoms with van der Waals surface area (Å²) in [5.41, 5.74) is 24.1. The van der Waals surface area contributed by atoms with Crippen molar-refractivity contribution in [1.82, 2.24) is 4.57 Å². The van der Waals surface area contributed by atoms with Gasteiger partial charge in [0, 0.05) is 21.9 Å². The second-order valence-electron chi connectivity index (χ2n) is 18.7. The lowest BCUT2D eigenvalue weighted by atomic mass is 9.79. The van der Waals surface area contributed by atoms with Crippen molar-refractivity contribution in [3.63, 3.8) is 0 Å². The highest BCUT2D eigenvalue weighted by Crippen LogP contribution is 2.53. The maximum Gasteiger partial charge on any atom is 0.0544 e. The molecule has 66 heavy (non-hydrogen) atoms. The van der Waals surface area contributed by atoms with Crippen LogP contribution in [0, 0.1) is 0 Å². The minimum atomic E-state index is -0.0839. The van der Waals surface area contributed by atoms with E-state index in [0.717, 1.165) is 5.69 Å². The molecule has 0 atom stereocenters. The zero-order valence-electron chi connectivity index (χ0n) is 36.8. The lowest BCUT2D eigenvalue weighted by Gasteiger charge is -2.24. The summed E-state index contributed by atoms with van der Waals surface area (Å²) < 4.78 is 2.47. The van der Waals surface area contributed by atoms with Gasteiger partial charge in [0.1, 0.15) is 0 Å². The fourth-order valence-corrected chi connectivity index (χ4v) is 12.0. The molecule has 1 heterocycles. The van der Waals surface area contributed by atoms with E-state index in [2.05, 4.69) is 243 Å². The average molecular weight is 838 g/mol. The van der Waals surface area contributed by atoms with Gasteiger partial charge in [-0.15, -0.1) is 0 Å². The van der Waals surface area contributed by atoms with E-state index in [1.807, 2.05) is 0 Å². The number of hydrogen-bond donors (Lipinski definition) is 0. The molecule has 1 aromatic heterocycles. The smallest absolute Gasteiger partial charge is 0.0544 e. The number of benzene rings is 11. The first-order valence-corrected chi connectivity index (χ1v) is 23.2. The van der Waals surface area contributed by atoms with Crippen molar-refractivity contribution in [1.29, 1.82) is 0 Å². The molecule has 12 aromatic rings. The number of nitrogens with zero attached hydrogens (tertiary/aromatic N) is 1. The molecule has 0 amide bonds. The molecule has 11 aromatic carbocycles. The molecule has 0 bridgehead atoms. The second kappa shape index (κ2) is 13.9. The number of hydrogen-bond acceptors (Lipinski definition) is 0. The molecule has 1 heteroatoms. The van der Waals surface area contributed by atoms with Crippen molar-refractivity contribution in [2.45, 2.75) is 19.3 Å². The average Bonchev–Trinajstić information content (AvgIpc) is 3.81. The Morgan fingerprint density at radius 2 is 0.697 bits per heavy atom. The highest BCUT2D eigenvalue weighted by atomic mass is 15.0.